The topological polar surface area (TPSA) is 66.4 Å². The molecule has 1 aromatic carbocycles. The fraction of sp³-hybridized carbons (Fsp3) is 0. The highest BCUT2D eigenvalue weighted by molar-refractivity contribution is 7.89. The third-order valence-corrected chi connectivity index (χ3v) is 3.14. The molecule has 0 aliphatic heterocycles. The average Bonchev–Trinajstić information content (AvgIpc) is 2.09. The molecule has 0 heterocycles. The zero-order valence-electron chi connectivity index (χ0n) is 6.16. The predicted octanol–water partition coefficient (Wildman–Crippen LogP) is 1.66. The van der Waals surface area contributed by atoms with Crippen LogP contribution in [0, 0.1) is 0 Å². The van der Waals surface area contributed by atoms with Gasteiger partial charge in [-0.1, -0.05) is 28.1 Å². The lowest BCUT2D eigenvalue weighted by Gasteiger charge is -2.03. The van der Waals surface area contributed by atoms with Gasteiger partial charge in [-0.3, -0.25) is 0 Å². The van der Waals surface area contributed by atoms with Gasteiger partial charge < -0.3 is 5.21 Å². The molecular weight excluding hydrogens is 237 g/mol. The molecule has 0 atom stereocenters. The zero-order valence-corrected chi connectivity index (χ0v) is 8.49. The van der Waals surface area contributed by atoms with Gasteiger partial charge in [0.15, 0.2) is 0 Å². The van der Waals surface area contributed by atoms with Crippen molar-refractivity contribution in [3.8, 4) is 0 Å². The molecule has 0 saturated carbocycles. The van der Waals surface area contributed by atoms with E-state index in [9.17, 15) is 8.42 Å². The molecule has 1 rings (SSSR count). The van der Waals surface area contributed by atoms with Crippen molar-refractivity contribution in [2.45, 2.75) is 4.90 Å². The van der Waals surface area contributed by atoms with Crippen LogP contribution in [0.25, 0.3) is 0 Å². The smallest absolute Gasteiger partial charge is 0.263 e. The van der Waals surface area contributed by atoms with Gasteiger partial charge in [-0.25, -0.2) is 8.42 Å². The Morgan fingerprint density at radius 1 is 1.31 bits per heavy atom. The highest BCUT2D eigenvalue weighted by atomic mass is 35.5. The van der Waals surface area contributed by atoms with Crippen molar-refractivity contribution >= 4 is 33.2 Å². The summed E-state index contributed by atoms with van der Waals surface area (Å²) in [7, 11) is -3.96. The van der Waals surface area contributed by atoms with E-state index >= 15 is 0 Å². The molecule has 1 aromatic rings. The van der Waals surface area contributed by atoms with E-state index in [0.29, 0.717) is 0 Å². The number of halogens is 2. The fourth-order valence-corrected chi connectivity index (χ4v) is 2.10. The largest absolute Gasteiger partial charge is 0.302 e. The highest BCUT2D eigenvalue weighted by Gasteiger charge is 2.16. The first-order valence-electron chi connectivity index (χ1n) is 3.08. The van der Waals surface area contributed by atoms with E-state index in [1.54, 1.807) is 0 Å². The molecule has 0 aliphatic carbocycles. The first-order valence-corrected chi connectivity index (χ1v) is 5.32. The average molecular weight is 242 g/mol. The summed E-state index contributed by atoms with van der Waals surface area (Å²) in [5.74, 6) is 0. The van der Waals surface area contributed by atoms with Crippen LogP contribution in [0.15, 0.2) is 23.1 Å². The monoisotopic (exact) mass is 241 g/mol. The lowest BCUT2D eigenvalue weighted by molar-refractivity contribution is 0.242. The Morgan fingerprint density at radius 2 is 1.92 bits per heavy atom. The fourth-order valence-electron chi connectivity index (χ4n) is 0.732. The van der Waals surface area contributed by atoms with Crippen LogP contribution in [0.2, 0.25) is 10.0 Å². The first-order chi connectivity index (χ1) is 5.97. The lowest BCUT2D eigenvalue weighted by atomic mass is 10.4. The van der Waals surface area contributed by atoms with Gasteiger partial charge in [-0.2, -0.15) is 0 Å². The predicted molar refractivity (Wildman–Crippen MR) is 48.6 cm³/mol. The van der Waals surface area contributed by atoms with Crippen LogP contribution in [0.1, 0.15) is 0 Å². The number of hydrogen-bond acceptors (Lipinski definition) is 3. The van der Waals surface area contributed by atoms with Crippen LogP contribution in [0.5, 0.6) is 0 Å². The van der Waals surface area contributed by atoms with Gasteiger partial charge in [0, 0.05) is 5.02 Å². The van der Waals surface area contributed by atoms with E-state index < -0.39 is 10.0 Å². The van der Waals surface area contributed by atoms with Crippen LogP contribution in [0.4, 0.5) is 0 Å². The van der Waals surface area contributed by atoms with E-state index in [4.69, 9.17) is 28.4 Å². The molecule has 0 spiro atoms. The van der Waals surface area contributed by atoms with Crippen molar-refractivity contribution < 1.29 is 13.6 Å². The highest BCUT2D eigenvalue weighted by Crippen LogP contribution is 2.24. The van der Waals surface area contributed by atoms with Crippen molar-refractivity contribution in [3.63, 3.8) is 0 Å². The van der Waals surface area contributed by atoms with Crippen molar-refractivity contribution in [1.82, 2.24) is 4.89 Å². The molecule has 0 amide bonds. The maximum atomic E-state index is 11.1. The Kier molecular flexibility index (Phi) is 3.15. The van der Waals surface area contributed by atoms with Crippen LogP contribution >= 0.6 is 23.2 Å². The van der Waals surface area contributed by atoms with Crippen molar-refractivity contribution in [1.29, 1.82) is 0 Å². The second-order valence-corrected chi connectivity index (χ2v) is 4.64. The summed E-state index contributed by atoms with van der Waals surface area (Å²) in [4.78, 5) is 0.895. The molecule has 0 fully saturated rings. The summed E-state index contributed by atoms with van der Waals surface area (Å²) in [6, 6.07) is 3.91. The molecule has 2 N–H and O–H groups in total. The van der Waals surface area contributed by atoms with Crippen LogP contribution in [-0.4, -0.2) is 13.6 Å². The summed E-state index contributed by atoms with van der Waals surface area (Å²) in [6.45, 7) is 0. The SMILES string of the molecule is O=S(=O)(NO)c1cc(Cl)ccc1Cl. The quantitative estimate of drug-likeness (QED) is 0.775. The van der Waals surface area contributed by atoms with Gasteiger partial charge in [0.25, 0.3) is 10.0 Å². The van der Waals surface area contributed by atoms with E-state index in [0.717, 1.165) is 11.0 Å². The first kappa shape index (κ1) is 10.7. The van der Waals surface area contributed by atoms with Crippen molar-refractivity contribution in [2.75, 3.05) is 0 Å². The second kappa shape index (κ2) is 3.81. The third kappa shape index (κ3) is 2.32. The number of hydrogen-bond donors (Lipinski definition) is 2. The molecule has 72 valence electrons. The Morgan fingerprint density at radius 3 is 2.46 bits per heavy atom. The zero-order chi connectivity index (χ0) is 10.1. The summed E-state index contributed by atoms with van der Waals surface area (Å²) in [5, 5.41) is 8.54. The number of benzene rings is 1. The molecule has 0 bridgehead atoms. The Labute approximate surface area is 85.1 Å². The normalized spacial score (nSPS) is 11.6. The minimum Gasteiger partial charge on any atom is -0.302 e. The molecule has 4 nitrogen and oxygen atoms in total. The number of nitrogens with one attached hydrogen (secondary N) is 1. The van der Waals surface area contributed by atoms with E-state index in [2.05, 4.69) is 0 Å². The van der Waals surface area contributed by atoms with E-state index in [1.807, 2.05) is 0 Å². The van der Waals surface area contributed by atoms with E-state index in [1.165, 1.54) is 12.1 Å². The van der Waals surface area contributed by atoms with Crippen molar-refractivity contribution in [2.24, 2.45) is 0 Å². The Balaban J connectivity index is 3.38. The third-order valence-electron chi connectivity index (χ3n) is 1.30. The number of rotatable bonds is 2. The molecule has 0 unspecified atom stereocenters. The molecule has 0 aliphatic rings. The van der Waals surface area contributed by atoms with Gasteiger partial charge >= 0.3 is 0 Å². The maximum absolute atomic E-state index is 11.1. The Bertz CT molecular complexity index is 418. The van der Waals surface area contributed by atoms with Crippen LogP contribution in [0.3, 0.4) is 0 Å². The summed E-state index contributed by atoms with van der Waals surface area (Å²) < 4.78 is 22.1. The summed E-state index contributed by atoms with van der Waals surface area (Å²) in [6.07, 6.45) is 0. The van der Waals surface area contributed by atoms with Gasteiger partial charge in [0.05, 0.1) is 5.02 Å². The van der Waals surface area contributed by atoms with Gasteiger partial charge in [-0.05, 0) is 18.2 Å². The van der Waals surface area contributed by atoms with Crippen molar-refractivity contribution in [3.05, 3.63) is 28.2 Å². The Hall–Kier alpha value is -0.330. The molecule has 13 heavy (non-hydrogen) atoms. The maximum Gasteiger partial charge on any atom is 0.263 e. The lowest BCUT2D eigenvalue weighted by Crippen LogP contribution is -2.19. The summed E-state index contributed by atoms with van der Waals surface area (Å²) >= 11 is 11.1. The van der Waals surface area contributed by atoms with Crippen LogP contribution in [-0.2, 0) is 10.0 Å². The molecule has 0 saturated heterocycles. The molecule has 0 aromatic heterocycles. The minimum absolute atomic E-state index is 0.00838. The second-order valence-electron chi connectivity index (χ2n) is 2.17. The minimum atomic E-state index is -3.96. The van der Waals surface area contributed by atoms with Gasteiger partial charge in [-0.15, -0.1) is 0 Å². The van der Waals surface area contributed by atoms with E-state index in [-0.39, 0.29) is 14.9 Å². The van der Waals surface area contributed by atoms with Crippen LogP contribution < -0.4 is 4.89 Å². The molecular formula is C6H5Cl2NO3S. The number of sulfonamides is 1. The van der Waals surface area contributed by atoms with Gasteiger partial charge in [0.1, 0.15) is 4.90 Å². The molecule has 7 heteroatoms. The van der Waals surface area contributed by atoms with Gasteiger partial charge in [0.2, 0.25) is 0 Å². The summed E-state index contributed by atoms with van der Waals surface area (Å²) in [5.41, 5.74) is 0. The molecule has 0 radical (unpaired) electrons. The standard InChI is InChI=1S/C6H5Cl2NO3S/c7-4-1-2-5(8)6(3-4)13(11,12)9-10/h1-3,9-10H.